The van der Waals surface area contributed by atoms with Gasteiger partial charge in [-0.25, -0.2) is 4.39 Å². The summed E-state index contributed by atoms with van der Waals surface area (Å²) >= 11 is 5.66. The van der Waals surface area contributed by atoms with Crippen LogP contribution < -0.4 is 0 Å². The van der Waals surface area contributed by atoms with E-state index in [0.717, 1.165) is 0 Å². The van der Waals surface area contributed by atoms with Crippen molar-refractivity contribution < 1.29 is 9.18 Å². The van der Waals surface area contributed by atoms with Crippen LogP contribution in [0.15, 0.2) is 12.2 Å². The van der Waals surface area contributed by atoms with Gasteiger partial charge >= 0.3 is 0 Å². The Balaban J connectivity index is 2.67. The summed E-state index contributed by atoms with van der Waals surface area (Å²) in [7, 11) is 0. The number of hydrogen-bond acceptors (Lipinski definition) is 1. The fraction of sp³-hybridized carbons (Fsp3) is 0.571. The maximum atomic E-state index is 12.7. The van der Waals surface area contributed by atoms with Gasteiger partial charge in [-0.1, -0.05) is 12.2 Å². The summed E-state index contributed by atoms with van der Waals surface area (Å²) in [6.07, 6.45) is 3.05. The average molecular weight is 163 g/mol. The molecule has 10 heavy (non-hydrogen) atoms. The molecule has 56 valence electrons. The average Bonchev–Trinajstić information content (AvgIpc) is 1.88. The Morgan fingerprint density at radius 3 is 2.80 bits per heavy atom. The van der Waals surface area contributed by atoms with E-state index in [4.69, 9.17) is 11.6 Å². The molecule has 0 bridgehead atoms. The van der Waals surface area contributed by atoms with Crippen molar-refractivity contribution in [1.82, 2.24) is 0 Å². The standard InChI is InChI=1S/C7H8ClFO/c8-6-2-1-3-7(9)5(6)4-10/h1,3-7H,2H2. The summed E-state index contributed by atoms with van der Waals surface area (Å²) in [5.41, 5.74) is 0. The molecule has 0 aromatic rings. The number of carbonyl (C=O) groups excluding carboxylic acids is 1. The molecule has 3 unspecified atom stereocenters. The third-order valence-electron chi connectivity index (χ3n) is 1.62. The zero-order valence-corrected chi connectivity index (χ0v) is 6.09. The van der Waals surface area contributed by atoms with E-state index in [1.165, 1.54) is 6.08 Å². The van der Waals surface area contributed by atoms with Gasteiger partial charge in [0.2, 0.25) is 0 Å². The van der Waals surface area contributed by atoms with Crippen LogP contribution in [0.2, 0.25) is 0 Å². The van der Waals surface area contributed by atoms with Crippen LogP contribution in [-0.4, -0.2) is 17.8 Å². The third-order valence-corrected chi connectivity index (χ3v) is 2.09. The van der Waals surface area contributed by atoms with Gasteiger partial charge in [-0.3, -0.25) is 0 Å². The highest BCUT2D eigenvalue weighted by atomic mass is 35.5. The van der Waals surface area contributed by atoms with E-state index >= 15 is 0 Å². The minimum atomic E-state index is -1.19. The smallest absolute Gasteiger partial charge is 0.129 e. The molecular weight excluding hydrogens is 155 g/mol. The molecule has 0 spiro atoms. The van der Waals surface area contributed by atoms with Crippen LogP contribution in [0.5, 0.6) is 0 Å². The van der Waals surface area contributed by atoms with Gasteiger partial charge in [-0.15, -0.1) is 11.6 Å². The first-order valence-corrected chi connectivity index (χ1v) is 3.59. The van der Waals surface area contributed by atoms with E-state index in [1.54, 1.807) is 6.08 Å². The molecule has 0 amide bonds. The zero-order chi connectivity index (χ0) is 7.56. The largest absolute Gasteiger partial charge is 0.303 e. The van der Waals surface area contributed by atoms with Crippen LogP contribution in [0.25, 0.3) is 0 Å². The number of halogens is 2. The quantitative estimate of drug-likeness (QED) is 0.326. The summed E-state index contributed by atoms with van der Waals surface area (Å²) in [5, 5.41) is -0.363. The highest BCUT2D eigenvalue weighted by molar-refractivity contribution is 6.21. The van der Waals surface area contributed by atoms with Crippen molar-refractivity contribution in [2.24, 2.45) is 5.92 Å². The van der Waals surface area contributed by atoms with Gasteiger partial charge in [0, 0.05) is 5.38 Å². The second kappa shape index (κ2) is 3.15. The van der Waals surface area contributed by atoms with Gasteiger partial charge in [0.1, 0.15) is 12.5 Å². The number of alkyl halides is 2. The van der Waals surface area contributed by atoms with Gasteiger partial charge in [0.15, 0.2) is 0 Å². The highest BCUT2D eigenvalue weighted by Crippen LogP contribution is 2.24. The highest BCUT2D eigenvalue weighted by Gasteiger charge is 2.28. The predicted molar refractivity (Wildman–Crippen MR) is 37.8 cm³/mol. The first-order chi connectivity index (χ1) is 4.75. The van der Waals surface area contributed by atoms with Gasteiger partial charge in [-0.2, -0.15) is 0 Å². The molecule has 1 aliphatic carbocycles. The van der Waals surface area contributed by atoms with Crippen molar-refractivity contribution in [2.75, 3.05) is 0 Å². The maximum Gasteiger partial charge on any atom is 0.129 e. The fourth-order valence-electron chi connectivity index (χ4n) is 0.984. The molecule has 0 fully saturated rings. The van der Waals surface area contributed by atoms with E-state index in [-0.39, 0.29) is 5.38 Å². The molecule has 1 rings (SSSR count). The van der Waals surface area contributed by atoms with Crippen LogP contribution >= 0.6 is 11.6 Å². The molecule has 0 N–H and O–H groups in total. The molecule has 0 heterocycles. The molecule has 1 nitrogen and oxygen atoms in total. The second-order valence-corrected chi connectivity index (χ2v) is 2.90. The predicted octanol–water partition coefficient (Wildman–Crippen LogP) is 1.71. The van der Waals surface area contributed by atoms with Gasteiger partial charge < -0.3 is 4.79 Å². The fourth-order valence-corrected chi connectivity index (χ4v) is 1.29. The second-order valence-electron chi connectivity index (χ2n) is 2.34. The van der Waals surface area contributed by atoms with Crippen LogP contribution in [0.3, 0.4) is 0 Å². The number of aldehydes is 1. The Bertz CT molecular complexity index is 158. The van der Waals surface area contributed by atoms with E-state index < -0.39 is 12.1 Å². The van der Waals surface area contributed by atoms with Gasteiger partial charge in [-0.05, 0) is 6.42 Å². The lowest BCUT2D eigenvalue weighted by molar-refractivity contribution is -0.112. The van der Waals surface area contributed by atoms with Gasteiger partial charge in [0.25, 0.3) is 0 Å². The molecule has 3 heteroatoms. The van der Waals surface area contributed by atoms with Crippen molar-refractivity contribution in [3.8, 4) is 0 Å². The number of carbonyl (C=O) groups is 1. The Labute approximate surface area is 63.9 Å². The molecule has 0 aromatic heterocycles. The van der Waals surface area contributed by atoms with Crippen LogP contribution in [-0.2, 0) is 4.79 Å². The molecule has 1 aliphatic rings. The van der Waals surface area contributed by atoms with E-state index in [0.29, 0.717) is 12.7 Å². The molecule has 0 radical (unpaired) electrons. The molecule has 0 saturated carbocycles. The van der Waals surface area contributed by atoms with Crippen LogP contribution in [0.4, 0.5) is 4.39 Å². The Morgan fingerprint density at radius 1 is 1.70 bits per heavy atom. The Hall–Kier alpha value is -0.370. The lowest BCUT2D eigenvalue weighted by Crippen LogP contribution is -2.28. The van der Waals surface area contributed by atoms with Crippen LogP contribution in [0.1, 0.15) is 6.42 Å². The Kier molecular flexibility index (Phi) is 2.44. The molecule has 0 aliphatic heterocycles. The Morgan fingerprint density at radius 2 is 2.40 bits per heavy atom. The number of hydrogen-bond donors (Lipinski definition) is 0. The zero-order valence-electron chi connectivity index (χ0n) is 5.34. The lowest BCUT2D eigenvalue weighted by Gasteiger charge is -2.20. The molecular formula is C7H8ClFO. The third kappa shape index (κ3) is 1.37. The lowest BCUT2D eigenvalue weighted by atomic mass is 9.94. The SMILES string of the molecule is O=CC1C(F)C=CCC1Cl. The van der Waals surface area contributed by atoms with E-state index in [2.05, 4.69) is 0 Å². The molecule has 3 atom stereocenters. The van der Waals surface area contributed by atoms with Gasteiger partial charge in [0.05, 0.1) is 5.92 Å². The van der Waals surface area contributed by atoms with Crippen molar-refractivity contribution >= 4 is 17.9 Å². The number of rotatable bonds is 1. The maximum absolute atomic E-state index is 12.7. The topological polar surface area (TPSA) is 17.1 Å². The molecule has 0 saturated heterocycles. The minimum Gasteiger partial charge on any atom is -0.303 e. The monoisotopic (exact) mass is 162 g/mol. The summed E-state index contributed by atoms with van der Waals surface area (Å²) < 4.78 is 12.7. The summed E-state index contributed by atoms with van der Waals surface area (Å²) in [4.78, 5) is 10.2. The van der Waals surface area contributed by atoms with Crippen molar-refractivity contribution in [3.63, 3.8) is 0 Å². The normalized spacial score (nSPS) is 39.6. The summed E-state index contributed by atoms with van der Waals surface area (Å²) in [5.74, 6) is -0.647. The first-order valence-electron chi connectivity index (χ1n) is 3.16. The van der Waals surface area contributed by atoms with Crippen LogP contribution in [0, 0.1) is 5.92 Å². The minimum absolute atomic E-state index is 0.363. The summed E-state index contributed by atoms with van der Waals surface area (Å²) in [6, 6.07) is 0. The van der Waals surface area contributed by atoms with E-state index in [9.17, 15) is 9.18 Å². The first kappa shape index (κ1) is 7.73. The van der Waals surface area contributed by atoms with Crippen molar-refractivity contribution in [2.45, 2.75) is 18.0 Å². The number of allylic oxidation sites excluding steroid dienone is 2. The van der Waals surface area contributed by atoms with Crippen molar-refractivity contribution in [3.05, 3.63) is 12.2 Å². The summed E-state index contributed by atoms with van der Waals surface area (Å²) in [6.45, 7) is 0. The van der Waals surface area contributed by atoms with E-state index in [1.807, 2.05) is 0 Å². The van der Waals surface area contributed by atoms with Crippen molar-refractivity contribution in [1.29, 1.82) is 0 Å². The molecule has 0 aromatic carbocycles.